The second kappa shape index (κ2) is 4.82. The Morgan fingerprint density at radius 1 is 1.41 bits per heavy atom. The lowest BCUT2D eigenvalue weighted by atomic mass is 10.0. The van der Waals surface area contributed by atoms with Gasteiger partial charge in [-0.3, -0.25) is 4.79 Å². The Hall–Kier alpha value is -1.86. The summed E-state index contributed by atoms with van der Waals surface area (Å²) in [6.07, 6.45) is 3.55. The summed E-state index contributed by atoms with van der Waals surface area (Å²) in [5.41, 5.74) is 0.355. The predicted octanol–water partition coefficient (Wildman–Crippen LogP) is 1.41. The number of hydrogen-bond donors (Lipinski definition) is 1. The van der Waals surface area contributed by atoms with Gasteiger partial charge >= 0.3 is 5.97 Å². The molecule has 0 saturated heterocycles. The quantitative estimate of drug-likeness (QED) is 0.850. The number of para-hydroxylation sites is 1. The first-order valence-corrected chi connectivity index (χ1v) is 8.39. The van der Waals surface area contributed by atoms with Crippen LogP contribution in [0.3, 0.4) is 0 Å². The highest BCUT2D eigenvalue weighted by Gasteiger charge is 2.41. The van der Waals surface area contributed by atoms with Crippen molar-refractivity contribution in [1.82, 2.24) is 4.31 Å². The molecule has 1 N–H and O–H groups in total. The van der Waals surface area contributed by atoms with E-state index in [1.54, 1.807) is 12.1 Å². The summed E-state index contributed by atoms with van der Waals surface area (Å²) < 4.78 is 32.5. The lowest BCUT2D eigenvalue weighted by Gasteiger charge is -2.23. The molecular formula is C15H17NO5S. The molecule has 118 valence electrons. The molecule has 7 heteroatoms. The molecule has 0 spiro atoms. The summed E-state index contributed by atoms with van der Waals surface area (Å²) in [4.78, 5) is 11.3. The predicted molar refractivity (Wildman–Crippen MR) is 79.3 cm³/mol. The highest BCUT2D eigenvalue weighted by Crippen LogP contribution is 2.41. The fourth-order valence-electron chi connectivity index (χ4n) is 2.87. The summed E-state index contributed by atoms with van der Waals surface area (Å²) >= 11 is 0. The van der Waals surface area contributed by atoms with Crippen LogP contribution in [0.2, 0.25) is 0 Å². The van der Waals surface area contributed by atoms with Crippen molar-refractivity contribution in [1.29, 1.82) is 0 Å². The number of nitrogens with zero attached hydrogens (tertiary/aromatic N) is 1. The van der Waals surface area contributed by atoms with Gasteiger partial charge in [-0.25, -0.2) is 8.42 Å². The zero-order chi connectivity index (χ0) is 16.1. The minimum atomic E-state index is -3.94. The number of aliphatic carboxylic acids is 1. The number of sulfonamides is 1. The van der Waals surface area contributed by atoms with Crippen LogP contribution in [-0.4, -0.2) is 42.0 Å². The number of ether oxygens (including phenoxy) is 1. The molecule has 0 fully saturated rings. The van der Waals surface area contributed by atoms with E-state index in [2.05, 4.69) is 0 Å². The molecule has 2 aliphatic rings. The van der Waals surface area contributed by atoms with Gasteiger partial charge in [-0.15, -0.1) is 0 Å². The topological polar surface area (TPSA) is 83.9 Å². The van der Waals surface area contributed by atoms with Crippen LogP contribution in [0.4, 0.5) is 0 Å². The van der Waals surface area contributed by atoms with Gasteiger partial charge in [0.05, 0.1) is 0 Å². The minimum absolute atomic E-state index is 0.0329. The standard InChI is InChI=1S/C15H17NO5S/c1-15(2)9-10-5-3-7-12(13(10)21-15)22(19,20)16-8-4-6-11(16)14(17)18/h3-7,11H,8-9H2,1-2H3,(H,17,18). The molecule has 0 bridgehead atoms. The van der Waals surface area contributed by atoms with Crippen LogP contribution in [0.25, 0.3) is 0 Å². The number of rotatable bonds is 3. The van der Waals surface area contributed by atoms with Crippen molar-refractivity contribution < 1.29 is 23.1 Å². The first-order valence-electron chi connectivity index (χ1n) is 6.95. The molecule has 0 radical (unpaired) electrons. The summed E-state index contributed by atoms with van der Waals surface area (Å²) in [5, 5.41) is 9.18. The lowest BCUT2D eigenvalue weighted by Crippen LogP contribution is -2.41. The molecule has 0 aromatic heterocycles. The van der Waals surface area contributed by atoms with Gasteiger partial charge < -0.3 is 9.84 Å². The van der Waals surface area contributed by atoms with Crippen LogP contribution in [0, 0.1) is 0 Å². The first-order chi connectivity index (χ1) is 10.2. The Kier molecular flexibility index (Phi) is 3.30. The van der Waals surface area contributed by atoms with E-state index in [4.69, 9.17) is 4.74 Å². The fraction of sp³-hybridized carbons (Fsp3) is 0.400. The molecule has 0 amide bonds. The van der Waals surface area contributed by atoms with Gasteiger partial charge in [-0.05, 0) is 25.5 Å². The Balaban J connectivity index is 2.06. The number of carbonyl (C=O) groups is 1. The molecule has 3 rings (SSSR count). The average Bonchev–Trinajstić information content (AvgIpc) is 2.99. The minimum Gasteiger partial charge on any atom is -0.486 e. The van der Waals surface area contributed by atoms with Crippen molar-refractivity contribution in [3.8, 4) is 5.75 Å². The maximum atomic E-state index is 12.9. The normalized spacial score (nSPS) is 23.3. The van der Waals surface area contributed by atoms with E-state index < -0.39 is 27.6 Å². The number of carboxylic acid groups (broad SMARTS) is 1. The Labute approximate surface area is 129 Å². The molecule has 6 nitrogen and oxygen atoms in total. The highest BCUT2D eigenvalue weighted by molar-refractivity contribution is 7.89. The Morgan fingerprint density at radius 3 is 2.82 bits per heavy atom. The van der Waals surface area contributed by atoms with Gasteiger partial charge in [0.1, 0.15) is 22.3 Å². The van der Waals surface area contributed by atoms with E-state index in [9.17, 15) is 18.3 Å². The van der Waals surface area contributed by atoms with Crippen LogP contribution in [0.1, 0.15) is 19.4 Å². The van der Waals surface area contributed by atoms with E-state index >= 15 is 0 Å². The zero-order valence-electron chi connectivity index (χ0n) is 12.3. The van der Waals surface area contributed by atoms with Gasteiger partial charge in [0, 0.05) is 13.0 Å². The molecule has 1 unspecified atom stereocenters. The van der Waals surface area contributed by atoms with Crippen LogP contribution >= 0.6 is 0 Å². The highest BCUT2D eigenvalue weighted by atomic mass is 32.2. The van der Waals surface area contributed by atoms with E-state index in [1.165, 1.54) is 12.1 Å². The molecule has 2 aliphatic heterocycles. The Morgan fingerprint density at radius 2 is 2.14 bits per heavy atom. The maximum absolute atomic E-state index is 12.9. The molecule has 0 aliphatic carbocycles. The van der Waals surface area contributed by atoms with Crippen LogP contribution in [0.5, 0.6) is 5.75 Å². The SMILES string of the molecule is CC1(C)Cc2cccc(S(=O)(=O)N3CC=CC3C(=O)O)c2O1. The average molecular weight is 323 g/mol. The second-order valence-electron chi connectivity index (χ2n) is 6.07. The smallest absolute Gasteiger partial charge is 0.326 e. The van der Waals surface area contributed by atoms with Crippen LogP contribution in [0.15, 0.2) is 35.2 Å². The van der Waals surface area contributed by atoms with Crippen molar-refractivity contribution in [2.45, 2.75) is 36.8 Å². The fourth-order valence-corrected chi connectivity index (χ4v) is 4.53. The third-order valence-corrected chi connectivity index (χ3v) is 5.68. The second-order valence-corrected chi connectivity index (χ2v) is 7.93. The molecule has 2 heterocycles. The van der Waals surface area contributed by atoms with E-state index in [0.717, 1.165) is 9.87 Å². The zero-order valence-corrected chi connectivity index (χ0v) is 13.1. The number of fused-ring (bicyclic) bond motifs is 1. The van der Waals surface area contributed by atoms with Crippen molar-refractivity contribution >= 4 is 16.0 Å². The summed E-state index contributed by atoms with van der Waals surface area (Å²) in [6.45, 7) is 3.83. The lowest BCUT2D eigenvalue weighted by molar-refractivity contribution is -0.139. The monoisotopic (exact) mass is 323 g/mol. The van der Waals surface area contributed by atoms with Gasteiger partial charge in [-0.2, -0.15) is 4.31 Å². The third kappa shape index (κ3) is 2.30. The van der Waals surface area contributed by atoms with Crippen molar-refractivity contribution in [3.05, 3.63) is 35.9 Å². The summed E-state index contributed by atoms with van der Waals surface area (Å²) in [5.74, 6) is -0.852. The maximum Gasteiger partial charge on any atom is 0.326 e. The number of carboxylic acids is 1. The van der Waals surface area contributed by atoms with Gasteiger partial charge in [-0.1, -0.05) is 24.3 Å². The molecule has 0 saturated carbocycles. The molecular weight excluding hydrogens is 306 g/mol. The third-order valence-electron chi connectivity index (χ3n) is 3.81. The van der Waals surface area contributed by atoms with Gasteiger partial charge in [0.2, 0.25) is 10.0 Å². The van der Waals surface area contributed by atoms with Crippen LogP contribution < -0.4 is 4.74 Å². The van der Waals surface area contributed by atoms with Gasteiger partial charge in [0.25, 0.3) is 0 Å². The van der Waals surface area contributed by atoms with Crippen molar-refractivity contribution in [3.63, 3.8) is 0 Å². The van der Waals surface area contributed by atoms with Crippen molar-refractivity contribution in [2.75, 3.05) is 6.54 Å². The first kappa shape index (κ1) is 15.1. The molecule has 1 atom stereocenters. The summed E-state index contributed by atoms with van der Waals surface area (Å²) in [6, 6.07) is 3.79. The van der Waals surface area contributed by atoms with Gasteiger partial charge in [0.15, 0.2) is 0 Å². The van der Waals surface area contributed by atoms with Crippen molar-refractivity contribution in [2.24, 2.45) is 0 Å². The Bertz CT molecular complexity index is 766. The molecule has 1 aromatic carbocycles. The van der Waals surface area contributed by atoms with E-state index in [0.29, 0.717) is 12.2 Å². The number of hydrogen-bond acceptors (Lipinski definition) is 4. The molecule has 1 aromatic rings. The summed E-state index contributed by atoms with van der Waals surface area (Å²) in [7, 11) is -3.94. The van der Waals surface area contributed by atoms with E-state index in [1.807, 2.05) is 19.9 Å². The number of benzene rings is 1. The van der Waals surface area contributed by atoms with E-state index in [-0.39, 0.29) is 11.4 Å². The van der Waals surface area contributed by atoms with Crippen LogP contribution in [-0.2, 0) is 21.2 Å². The largest absolute Gasteiger partial charge is 0.486 e. The molecule has 22 heavy (non-hydrogen) atoms.